The van der Waals surface area contributed by atoms with Gasteiger partial charge < -0.3 is 14.5 Å². The molecule has 1 aliphatic rings. The number of hydrogen-bond donors (Lipinski definition) is 0. The minimum atomic E-state index is -0.571. The van der Waals surface area contributed by atoms with E-state index in [1.54, 1.807) is 23.1 Å². The summed E-state index contributed by atoms with van der Waals surface area (Å²) < 4.78 is 23.1. The second-order valence-electron chi connectivity index (χ2n) is 12.0. The smallest absolute Gasteiger partial charge is 0.410 e. The lowest BCUT2D eigenvalue weighted by Gasteiger charge is -2.41. The lowest BCUT2D eigenvalue weighted by molar-refractivity contribution is 0.0218. The van der Waals surface area contributed by atoms with Crippen LogP contribution in [0.4, 0.5) is 15.0 Å². The summed E-state index contributed by atoms with van der Waals surface area (Å²) in [6, 6.07) is 16.7. The molecule has 0 spiro atoms. The van der Waals surface area contributed by atoms with Crippen LogP contribution in [-0.2, 0) is 17.6 Å². The van der Waals surface area contributed by atoms with Crippen LogP contribution in [0.25, 0.3) is 27.7 Å². The van der Waals surface area contributed by atoms with Crippen LogP contribution in [0.15, 0.2) is 54.6 Å². The van der Waals surface area contributed by atoms with Gasteiger partial charge in [-0.3, -0.25) is 4.57 Å². The van der Waals surface area contributed by atoms with Crippen molar-refractivity contribution in [1.82, 2.24) is 14.5 Å². The Labute approximate surface area is 263 Å². The van der Waals surface area contributed by atoms with Gasteiger partial charge in [0.25, 0.3) is 0 Å². The van der Waals surface area contributed by atoms with E-state index in [1.807, 2.05) is 37.5 Å². The number of rotatable bonds is 5. The normalized spacial score (nSPS) is 15.7. The molecule has 1 amide bonds. The van der Waals surface area contributed by atoms with E-state index >= 15 is 4.39 Å². The van der Waals surface area contributed by atoms with Crippen LogP contribution >= 0.6 is 23.8 Å². The average Bonchev–Trinajstić information content (AvgIpc) is 2.96. The first-order valence-corrected chi connectivity index (χ1v) is 15.6. The first-order chi connectivity index (χ1) is 20.4. The Morgan fingerprint density at radius 1 is 1.05 bits per heavy atom. The predicted octanol–water partition coefficient (Wildman–Crippen LogP) is 8.78. The lowest BCUT2D eigenvalue weighted by Crippen LogP contribution is -2.55. The molecular weight excluding hydrogens is 583 g/mol. The molecule has 1 saturated heterocycles. The third-order valence-electron chi connectivity index (χ3n) is 7.86. The highest BCUT2D eigenvalue weighted by molar-refractivity contribution is 7.71. The number of aryl methyl sites for hydroxylation is 2. The van der Waals surface area contributed by atoms with Gasteiger partial charge in [0.2, 0.25) is 4.77 Å². The molecule has 0 N–H and O–H groups in total. The molecule has 0 radical (unpaired) electrons. The summed E-state index contributed by atoms with van der Waals surface area (Å²) >= 11 is 13.0. The zero-order chi connectivity index (χ0) is 31.1. The maximum atomic E-state index is 15.1. The van der Waals surface area contributed by atoms with Crippen molar-refractivity contribution in [2.24, 2.45) is 0 Å². The molecule has 1 unspecified atom stereocenters. The molecule has 1 atom stereocenters. The Morgan fingerprint density at radius 2 is 1.72 bits per heavy atom. The molecule has 1 fully saturated rings. The van der Waals surface area contributed by atoms with E-state index in [-0.39, 0.29) is 18.0 Å². The SMILES string of the molecule is CCc1cccc(CC)c1-n1c(=S)nc(N2CCN(C(=O)OC(C)(C)C)CC2C)c2cc(Cl)c(-c3ccccc3F)cc21. The van der Waals surface area contributed by atoms with Crippen LogP contribution in [0.1, 0.15) is 52.7 Å². The number of ether oxygens (including phenoxy) is 1. The number of halogens is 2. The number of carbonyl (C=O) groups excluding carboxylic acids is 1. The molecule has 0 bridgehead atoms. The molecule has 0 aliphatic carbocycles. The number of para-hydroxylation sites is 1. The number of carbonyl (C=O) groups is 1. The van der Waals surface area contributed by atoms with Crippen molar-refractivity contribution in [2.45, 2.75) is 66.0 Å². The van der Waals surface area contributed by atoms with Gasteiger partial charge in [-0.25, -0.2) is 14.2 Å². The number of nitrogens with zero attached hydrogens (tertiary/aromatic N) is 4. The zero-order valence-electron chi connectivity index (χ0n) is 25.6. The van der Waals surface area contributed by atoms with E-state index in [1.165, 1.54) is 6.07 Å². The molecule has 43 heavy (non-hydrogen) atoms. The minimum absolute atomic E-state index is 0.0682. The van der Waals surface area contributed by atoms with Crippen LogP contribution < -0.4 is 4.90 Å². The first-order valence-electron chi connectivity index (χ1n) is 14.8. The maximum absolute atomic E-state index is 15.1. The van der Waals surface area contributed by atoms with E-state index in [4.69, 9.17) is 33.5 Å². The highest BCUT2D eigenvalue weighted by atomic mass is 35.5. The largest absolute Gasteiger partial charge is 0.444 e. The number of anilines is 1. The number of hydrogen-bond acceptors (Lipinski definition) is 5. The second kappa shape index (κ2) is 12.2. The van der Waals surface area contributed by atoms with Gasteiger partial charge in [0, 0.05) is 47.2 Å². The third kappa shape index (κ3) is 6.13. The highest BCUT2D eigenvalue weighted by Crippen LogP contribution is 2.39. The van der Waals surface area contributed by atoms with Crippen molar-refractivity contribution < 1.29 is 13.9 Å². The Bertz CT molecular complexity index is 1730. The highest BCUT2D eigenvalue weighted by Gasteiger charge is 2.32. The number of aromatic nitrogens is 2. The molecule has 0 saturated carbocycles. The number of piperazine rings is 1. The Balaban J connectivity index is 1.72. The van der Waals surface area contributed by atoms with Crippen molar-refractivity contribution in [2.75, 3.05) is 24.5 Å². The fourth-order valence-corrected chi connectivity index (χ4v) is 6.36. The Hall–Kier alpha value is -3.49. The molecule has 2 heterocycles. The van der Waals surface area contributed by atoms with E-state index in [9.17, 15) is 4.79 Å². The lowest BCUT2D eigenvalue weighted by atomic mass is 10.00. The van der Waals surface area contributed by atoms with Gasteiger partial charge in [0.15, 0.2) is 0 Å². The standard InChI is InChI=1S/C34H38ClFN4O2S/c1-7-22-12-11-13-23(8-2)30(22)40-29-19-25(24-14-9-10-15-28(24)36)27(35)18-26(29)31(37-32(40)43)39-17-16-38(20-21(39)3)33(41)42-34(4,5)6/h9-15,18-19,21H,7-8,16-17,20H2,1-6H3. The third-order valence-corrected chi connectivity index (χ3v) is 8.45. The van der Waals surface area contributed by atoms with Gasteiger partial charge in [0.05, 0.1) is 11.2 Å². The van der Waals surface area contributed by atoms with E-state index < -0.39 is 5.60 Å². The average molecular weight is 621 g/mol. The van der Waals surface area contributed by atoms with Crippen molar-refractivity contribution >= 4 is 46.6 Å². The van der Waals surface area contributed by atoms with Gasteiger partial charge in [-0.1, -0.05) is 61.8 Å². The molecule has 3 aromatic carbocycles. The first kappa shape index (κ1) is 31.0. The fraction of sp³-hybridized carbons (Fsp3) is 0.382. The second-order valence-corrected chi connectivity index (χ2v) is 12.8. The van der Waals surface area contributed by atoms with Crippen LogP contribution in [0.3, 0.4) is 0 Å². The van der Waals surface area contributed by atoms with Crippen LogP contribution in [0.2, 0.25) is 5.02 Å². The summed E-state index contributed by atoms with van der Waals surface area (Å²) in [7, 11) is 0. The maximum Gasteiger partial charge on any atom is 0.410 e. The monoisotopic (exact) mass is 620 g/mol. The molecule has 4 aromatic rings. The summed E-state index contributed by atoms with van der Waals surface area (Å²) in [4.78, 5) is 21.8. The summed E-state index contributed by atoms with van der Waals surface area (Å²) in [5, 5.41) is 1.23. The van der Waals surface area contributed by atoms with Crippen molar-refractivity contribution in [1.29, 1.82) is 0 Å². The van der Waals surface area contributed by atoms with Gasteiger partial charge in [0.1, 0.15) is 17.2 Å². The fourth-order valence-electron chi connectivity index (χ4n) is 5.82. The molecule has 5 rings (SSSR count). The zero-order valence-corrected chi connectivity index (χ0v) is 27.2. The molecule has 9 heteroatoms. The Kier molecular flexibility index (Phi) is 8.82. The summed E-state index contributed by atoms with van der Waals surface area (Å²) in [5.74, 6) is 0.347. The summed E-state index contributed by atoms with van der Waals surface area (Å²) in [5.41, 5.74) is 4.53. The van der Waals surface area contributed by atoms with Crippen molar-refractivity contribution in [3.63, 3.8) is 0 Å². The molecule has 226 valence electrons. The van der Waals surface area contributed by atoms with Crippen molar-refractivity contribution in [3.05, 3.63) is 81.3 Å². The quantitative estimate of drug-likeness (QED) is 0.209. The number of benzene rings is 3. The van der Waals surface area contributed by atoms with E-state index in [0.717, 1.165) is 40.6 Å². The summed E-state index contributed by atoms with van der Waals surface area (Å²) in [6.45, 7) is 13.4. The number of fused-ring (bicyclic) bond motifs is 1. The van der Waals surface area contributed by atoms with Gasteiger partial charge in [-0.05, 0) is 82.1 Å². The predicted molar refractivity (Wildman–Crippen MR) is 176 cm³/mol. The van der Waals surface area contributed by atoms with Gasteiger partial charge in [-0.15, -0.1) is 0 Å². The summed E-state index contributed by atoms with van der Waals surface area (Å²) in [6.07, 6.45) is 1.30. The topological polar surface area (TPSA) is 50.6 Å². The van der Waals surface area contributed by atoms with Crippen LogP contribution in [0, 0.1) is 10.6 Å². The van der Waals surface area contributed by atoms with Crippen molar-refractivity contribution in [3.8, 4) is 16.8 Å². The minimum Gasteiger partial charge on any atom is -0.444 e. The number of amides is 1. The van der Waals surface area contributed by atoms with E-state index in [0.29, 0.717) is 46.4 Å². The van der Waals surface area contributed by atoms with E-state index in [2.05, 4.69) is 43.9 Å². The van der Waals surface area contributed by atoms with Gasteiger partial charge in [-0.2, -0.15) is 0 Å². The molecule has 1 aliphatic heterocycles. The Morgan fingerprint density at radius 3 is 2.33 bits per heavy atom. The molecule has 6 nitrogen and oxygen atoms in total. The van der Waals surface area contributed by atoms with Crippen LogP contribution in [-0.4, -0.2) is 51.8 Å². The van der Waals surface area contributed by atoms with Crippen LogP contribution in [0.5, 0.6) is 0 Å². The molecular formula is C34H38ClFN4O2S. The molecule has 1 aromatic heterocycles. The van der Waals surface area contributed by atoms with Gasteiger partial charge >= 0.3 is 6.09 Å².